The van der Waals surface area contributed by atoms with Gasteiger partial charge in [0.25, 0.3) is 0 Å². The molecule has 1 aromatic carbocycles. The molecule has 1 rings (SSSR count). The van der Waals surface area contributed by atoms with Crippen LogP contribution in [0.5, 0.6) is 5.75 Å². The number of ether oxygens (including phenoxy) is 1. The van der Waals surface area contributed by atoms with Gasteiger partial charge in [0.1, 0.15) is 5.75 Å². The summed E-state index contributed by atoms with van der Waals surface area (Å²) < 4.78 is 5.86. The fraction of sp³-hybridized carbons (Fsp3) is 0.625. The monoisotopic (exact) mass is 283 g/mol. The van der Waals surface area contributed by atoms with Crippen molar-refractivity contribution < 1.29 is 4.74 Å². The van der Waals surface area contributed by atoms with Crippen LogP contribution >= 0.6 is 11.6 Å². The summed E-state index contributed by atoms with van der Waals surface area (Å²) in [4.78, 5) is 0. The maximum atomic E-state index is 6.19. The van der Waals surface area contributed by atoms with Gasteiger partial charge in [-0.3, -0.25) is 0 Å². The average molecular weight is 284 g/mol. The van der Waals surface area contributed by atoms with Crippen molar-refractivity contribution in [3.63, 3.8) is 0 Å². The first-order chi connectivity index (χ1) is 9.29. The van der Waals surface area contributed by atoms with Crippen LogP contribution in [-0.4, -0.2) is 13.7 Å². The van der Waals surface area contributed by atoms with E-state index in [1.165, 1.54) is 32.1 Å². The highest BCUT2D eigenvalue weighted by molar-refractivity contribution is 6.32. The summed E-state index contributed by atoms with van der Waals surface area (Å²) in [5.41, 5.74) is 1.13. The molecule has 0 spiro atoms. The molecule has 0 heterocycles. The molecule has 0 atom stereocenters. The molecule has 19 heavy (non-hydrogen) atoms. The molecule has 1 aromatic rings. The Labute approximate surface area is 122 Å². The van der Waals surface area contributed by atoms with E-state index in [1.54, 1.807) is 0 Å². The second-order valence-electron chi connectivity index (χ2n) is 4.87. The van der Waals surface area contributed by atoms with Crippen molar-refractivity contribution in [2.45, 2.75) is 52.0 Å². The van der Waals surface area contributed by atoms with Crippen LogP contribution in [-0.2, 0) is 6.54 Å². The molecule has 0 aliphatic heterocycles. The van der Waals surface area contributed by atoms with E-state index in [-0.39, 0.29) is 0 Å². The van der Waals surface area contributed by atoms with Gasteiger partial charge in [0.2, 0.25) is 0 Å². The normalized spacial score (nSPS) is 10.7. The van der Waals surface area contributed by atoms with Crippen LogP contribution in [0, 0.1) is 0 Å². The van der Waals surface area contributed by atoms with Gasteiger partial charge in [-0.25, -0.2) is 0 Å². The SMILES string of the molecule is CCCCCCCCOc1c(Cl)cccc1CNC. The van der Waals surface area contributed by atoms with Crippen molar-refractivity contribution in [2.75, 3.05) is 13.7 Å². The van der Waals surface area contributed by atoms with E-state index in [1.807, 2.05) is 19.2 Å². The molecule has 0 amide bonds. The van der Waals surface area contributed by atoms with E-state index in [9.17, 15) is 0 Å². The van der Waals surface area contributed by atoms with Crippen molar-refractivity contribution in [3.05, 3.63) is 28.8 Å². The van der Waals surface area contributed by atoms with Crippen LogP contribution < -0.4 is 10.1 Å². The van der Waals surface area contributed by atoms with Gasteiger partial charge in [-0.2, -0.15) is 0 Å². The van der Waals surface area contributed by atoms with Gasteiger partial charge >= 0.3 is 0 Å². The number of hydrogen-bond donors (Lipinski definition) is 1. The van der Waals surface area contributed by atoms with Gasteiger partial charge in [0.05, 0.1) is 11.6 Å². The Bertz CT molecular complexity index is 355. The van der Waals surface area contributed by atoms with Crippen LogP contribution in [0.4, 0.5) is 0 Å². The highest BCUT2D eigenvalue weighted by Gasteiger charge is 2.07. The molecule has 0 fully saturated rings. The molecule has 0 aromatic heterocycles. The minimum Gasteiger partial charge on any atom is -0.492 e. The number of benzene rings is 1. The smallest absolute Gasteiger partial charge is 0.142 e. The molecule has 0 unspecified atom stereocenters. The summed E-state index contributed by atoms with van der Waals surface area (Å²) in [6, 6.07) is 5.91. The second-order valence-corrected chi connectivity index (χ2v) is 5.28. The fourth-order valence-corrected chi connectivity index (χ4v) is 2.35. The zero-order chi connectivity index (χ0) is 13.9. The Morgan fingerprint density at radius 2 is 1.84 bits per heavy atom. The lowest BCUT2D eigenvalue weighted by atomic mass is 10.1. The van der Waals surface area contributed by atoms with Crippen LogP contribution in [0.2, 0.25) is 5.02 Å². The summed E-state index contributed by atoms with van der Waals surface area (Å²) in [6.45, 7) is 3.78. The largest absolute Gasteiger partial charge is 0.492 e. The molecule has 3 heteroatoms. The third-order valence-corrected chi connectivity index (χ3v) is 3.46. The lowest BCUT2D eigenvalue weighted by Gasteiger charge is -2.13. The quantitative estimate of drug-likeness (QED) is 0.623. The maximum Gasteiger partial charge on any atom is 0.142 e. The number of unbranched alkanes of at least 4 members (excludes halogenated alkanes) is 5. The van der Waals surface area contributed by atoms with Gasteiger partial charge < -0.3 is 10.1 Å². The molecule has 0 bridgehead atoms. The summed E-state index contributed by atoms with van der Waals surface area (Å²) >= 11 is 6.19. The highest BCUT2D eigenvalue weighted by Crippen LogP contribution is 2.28. The third-order valence-electron chi connectivity index (χ3n) is 3.16. The predicted molar refractivity (Wildman–Crippen MR) is 83.1 cm³/mol. The average Bonchev–Trinajstić information content (AvgIpc) is 2.41. The van der Waals surface area contributed by atoms with Gasteiger partial charge in [-0.05, 0) is 19.5 Å². The molecular weight excluding hydrogens is 258 g/mol. The minimum absolute atomic E-state index is 0.707. The molecular formula is C16H26ClNO. The molecule has 2 nitrogen and oxygen atoms in total. The number of rotatable bonds is 10. The fourth-order valence-electron chi connectivity index (χ4n) is 2.10. The van der Waals surface area contributed by atoms with Crippen LogP contribution in [0.25, 0.3) is 0 Å². The van der Waals surface area contributed by atoms with E-state index in [0.29, 0.717) is 5.02 Å². The Morgan fingerprint density at radius 3 is 2.58 bits per heavy atom. The zero-order valence-corrected chi connectivity index (χ0v) is 12.9. The molecule has 108 valence electrons. The van der Waals surface area contributed by atoms with E-state index in [2.05, 4.69) is 18.3 Å². The standard InChI is InChI=1S/C16H26ClNO/c1-3-4-5-6-7-8-12-19-16-14(13-18-2)10-9-11-15(16)17/h9-11,18H,3-8,12-13H2,1-2H3. The van der Waals surface area contributed by atoms with E-state index in [4.69, 9.17) is 16.3 Å². The van der Waals surface area contributed by atoms with Gasteiger partial charge in [-0.15, -0.1) is 0 Å². The van der Waals surface area contributed by atoms with E-state index < -0.39 is 0 Å². The lowest BCUT2D eigenvalue weighted by molar-refractivity contribution is 0.301. The van der Waals surface area contributed by atoms with Gasteiger partial charge in [0, 0.05) is 12.1 Å². The number of nitrogens with one attached hydrogen (secondary N) is 1. The summed E-state index contributed by atoms with van der Waals surface area (Å²) in [6.07, 6.45) is 7.64. The van der Waals surface area contributed by atoms with Crippen LogP contribution in [0.15, 0.2) is 18.2 Å². The summed E-state index contributed by atoms with van der Waals surface area (Å²) in [5, 5.41) is 3.84. The number of halogens is 1. The first-order valence-electron chi connectivity index (χ1n) is 7.34. The highest BCUT2D eigenvalue weighted by atomic mass is 35.5. The Morgan fingerprint density at radius 1 is 1.11 bits per heavy atom. The van der Waals surface area contributed by atoms with Gasteiger partial charge in [-0.1, -0.05) is 62.8 Å². The van der Waals surface area contributed by atoms with Gasteiger partial charge in [0.15, 0.2) is 0 Å². The van der Waals surface area contributed by atoms with E-state index in [0.717, 1.165) is 30.9 Å². The molecule has 0 saturated heterocycles. The lowest BCUT2D eigenvalue weighted by Crippen LogP contribution is -2.08. The van der Waals surface area contributed by atoms with E-state index >= 15 is 0 Å². The van der Waals surface area contributed by atoms with Crippen molar-refractivity contribution >= 4 is 11.6 Å². The van der Waals surface area contributed by atoms with Crippen molar-refractivity contribution in [3.8, 4) is 5.75 Å². The number of hydrogen-bond acceptors (Lipinski definition) is 2. The zero-order valence-electron chi connectivity index (χ0n) is 12.2. The number of para-hydroxylation sites is 1. The van der Waals surface area contributed by atoms with Crippen molar-refractivity contribution in [1.82, 2.24) is 5.32 Å². The van der Waals surface area contributed by atoms with Crippen LogP contribution in [0.3, 0.4) is 0 Å². The Kier molecular flexibility index (Phi) is 8.68. The topological polar surface area (TPSA) is 21.3 Å². The minimum atomic E-state index is 0.707. The van der Waals surface area contributed by atoms with Crippen LogP contribution in [0.1, 0.15) is 51.0 Å². The first kappa shape index (κ1) is 16.3. The molecule has 0 aliphatic rings. The first-order valence-corrected chi connectivity index (χ1v) is 7.72. The Balaban J connectivity index is 2.32. The second kappa shape index (κ2) is 10.1. The van der Waals surface area contributed by atoms with Crippen molar-refractivity contribution in [2.24, 2.45) is 0 Å². The molecule has 0 saturated carbocycles. The summed E-state index contributed by atoms with van der Waals surface area (Å²) in [5.74, 6) is 0.840. The predicted octanol–water partition coefficient (Wildman–Crippen LogP) is 4.80. The molecule has 1 N–H and O–H groups in total. The third kappa shape index (κ3) is 6.31. The Hall–Kier alpha value is -0.730. The summed E-state index contributed by atoms with van der Waals surface area (Å²) in [7, 11) is 1.93. The molecule has 0 aliphatic carbocycles. The van der Waals surface area contributed by atoms with Crippen molar-refractivity contribution in [1.29, 1.82) is 0 Å². The maximum absolute atomic E-state index is 6.19. The molecule has 0 radical (unpaired) electrons.